The van der Waals surface area contributed by atoms with Crippen molar-refractivity contribution in [2.75, 3.05) is 12.3 Å². The van der Waals surface area contributed by atoms with Crippen molar-refractivity contribution in [2.24, 2.45) is 28.6 Å². The third kappa shape index (κ3) is 5.87. The summed E-state index contributed by atoms with van der Waals surface area (Å²) in [6.45, 7) is 6.13. The molecular weight excluding hydrogens is 606 g/mol. The first-order valence-electron chi connectivity index (χ1n) is 14.8. The highest BCUT2D eigenvalue weighted by molar-refractivity contribution is 8.13. The molecule has 0 radical (unpaired) electrons. The Kier molecular flexibility index (Phi) is 9.04. The highest BCUT2D eigenvalue weighted by atomic mass is 35.5. The summed E-state index contributed by atoms with van der Waals surface area (Å²) in [4.78, 5) is 32.4. The number of hydrogen-bond donors (Lipinski definition) is 1. The molecule has 1 aliphatic heterocycles. The molecular formula is C32H38ClF4NO4S. The van der Waals surface area contributed by atoms with Crippen LogP contribution in [0.5, 0.6) is 0 Å². The number of hydrogen-bond acceptors (Lipinski definition) is 6. The summed E-state index contributed by atoms with van der Waals surface area (Å²) < 4.78 is 57.5. The molecule has 11 heteroatoms. The van der Waals surface area contributed by atoms with Crippen LogP contribution in [0, 0.1) is 28.6 Å². The van der Waals surface area contributed by atoms with Gasteiger partial charge < -0.3 is 5.11 Å². The van der Waals surface area contributed by atoms with Crippen molar-refractivity contribution in [2.45, 2.75) is 83.5 Å². The number of rotatable bonds is 5. The zero-order valence-corrected chi connectivity index (χ0v) is 26.1. The summed E-state index contributed by atoms with van der Waals surface area (Å²) in [5.74, 6) is -2.87. The fraction of sp³-hybridized carbons (Fsp3) is 0.625. The normalized spacial score (nSPS) is 38.3. The van der Waals surface area contributed by atoms with Crippen molar-refractivity contribution in [3.8, 4) is 0 Å². The second kappa shape index (κ2) is 11.9. The van der Waals surface area contributed by atoms with Gasteiger partial charge in [0, 0.05) is 34.9 Å². The molecule has 1 saturated heterocycles. The molecule has 1 N–H and O–H groups in total. The molecule has 0 spiro atoms. The van der Waals surface area contributed by atoms with E-state index in [2.05, 4.69) is 0 Å². The molecule has 1 aromatic rings. The van der Waals surface area contributed by atoms with Crippen LogP contribution in [0.15, 0.2) is 48.1 Å². The Morgan fingerprint density at radius 1 is 1.21 bits per heavy atom. The minimum atomic E-state index is -4.56. The van der Waals surface area contributed by atoms with Gasteiger partial charge in [-0.3, -0.25) is 14.4 Å². The lowest BCUT2D eigenvalue weighted by molar-refractivity contribution is -0.279. The number of nitrogens with zero attached hydrogens (tertiary/aromatic N) is 1. The van der Waals surface area contributed by atoms with Crippen LogP contribution in [-0.2, 0) is 21.0 Å². The number of carbonyl (C=O) groups is 2. The van der Waals surface area contributed by atoms with Crippen LogP contribution in [0.25, 0.3) is 0 Å². The summed E-state index contributed by atoms with van der Waals surface area (Å²) in [5, 5.41) is 13.1. The summed E-state index contributed by atoms with van der Waals surface area (Å²) in [7, 11) is 0. The largest absolute Gasteiger partial charge is 0.398 e. The van der Waals surface area contributed by atoms with E-state index in [9.17, 15) is 27.9 Å². The van der Waals surface area contributed by atoms with Crippen LogP contribution in [0.4, 0.5) is 17.6 Å². The van der Waals surface area contributed by atoms with E-state index in [-0.39, 0.29) is 36.4 Å². The molecule has 0 bridgehead atoms. The van der Waals surface area contributed by atoms with Gasteiger partial charge in [0.15, 0.2) is 17.6 Å². The second-order valence-electron chi connectivity index (χ2n) is 12.9. The molecule has 5 nitrogen and oxygen atoms in total. The topological polar surface area (TPSA) is 66.8 Å². The molecule has 3 aliphatic carbocycles. The van der Waals surface area contributed by atoms with Crippen molar-refractivity contribution >= 4 is 34.3 Å². The second-order valence-corrected chi connectivity index (χ2v) is 14.3. The van der Waals surface area contributed by atoms with Crippen molar-refractivity contribution < 1.29 is 37.1 Å². The Morgan fingerprint density at radius 2 is 1.91 bits per heavy atom. The van der Waals surface area contributed by atoms with Crippen LogP contribution in [-0.4, -0.2) is 57.4 Å². The number of fused-ring (bicyclic) bond motifs is 5. The van der Waals surface area contributed by atoms with E-state index in [0.717, 1.165) is 5.56 Å². The summed E-state index contributed by atoms with van der Waals surface area (Å²) in [6, 6.07) is 7.07. The number of alkyl halides is 4. The highest BCUT2D eigenvalue weighted by Gasteiger charge is 2.71. The Bertz CT molecular complexity index is 1310. The third-order valence-corrected chi connectivity index (χ3v) is 11.6. The summed E-state index contributed by atoms with van der Waals surface area (Å²) in [5.41, 5.74) is -3.01. The average molecular weight is 644 g/mol. The van der Waals surface area contributed by atoms with Gasteiger partial charge in [0.1, 0.15) is 0 Å². The van der Waals surface area contributed by atoms with Gasteiger partial charge in [-0.15, -0.1) is 0 Å². The number of halogens is 5. The lowest BCUT2D eigenvalue weighted by atomic mass is 9.42. The molecule has 3 fully saturated rings. The van der Waals surface area contributed by atoms with Gasteiger partial charge in [-0.05, 0) is 80.7 Å². The van der Waals surface area contributed by atoms with Crippen LogP contribution < -0.4 is 0 Å². The molecule has 4 aliphatic rings. The van der Waals surface area contributed by atoms with Crippen LogP contribution in [0.2, 0.25) is 5.02 Å². The van der Waals surface area contributed by atoms with Crippen LogP contribution in [0.1, 0.15) is 58.4 Å². The number of ketones is 1. The van der Waals surface area contributed by atoms with Gasteiger partial charge in [0.05, 0.1) is 11.9 Å². The van der Waals surface area contributed by atoms with Crippen LogP contribution >= 0.6 is 23.4 Å². The summed E-state index contributed by atoms with van der Waals surface area (Å²) in [6.07, 6.45) is -1.07. The van der Waals surface area contributed by atoms with Gasteiger partial charge in [0.2, 0.25) is 5.12 Å². The fourth-order valence-electron chi connectivity index (χ4n) is 8.28. The number of benzene rings is 1. The number of thioether (sulfide) groups is 1. The van der Waals surface area contributed by atoms with E-state index in [1.807, 2.05) is 19.1 Å². The zero-order valence-electron chi connectivity index (χ0n) is 24.5. The predicted molar refractivity (Wildman–Crippen MR) is 158 cm³/mol. The first-order valence-corrected chi connectivity index (χ1v) is 16.2. The number of aliphatic hydroxyl groups excluding tert-OH is 1. The number of aliphatic hydroxyl groups is 1. The Labute approximate surface area is 259 Å². The fourth-order valence-corrected chi connectivity index (χ4v) is 9.18. The Hall–Kier alpha value is -1.72. The first-order chi connectivity index (χ1) is 20.1. The van der Waals surface area contributed by atoms with Gasteiger partial charge in [0.25, 0.3) is 0 Å². The van der Waals surface area contributed by atoms with Gasteiger partial charge in [-0.25, -0.2) is 4.39 Å². The van der Waals surface area contributed by atoms with Gasteiger partial charge >= 0.3 is 6.18 Å². The van der Waals surface area contributed by atoms with Crippen molar-refractivity contribution in [3.05, 3.63) is 58.7 Å². The molecule has 8 atom stereocenters. The van der Waals surface area contributed by atoms with Crippen molar-refractivity contribution in [1.82, 2.24) is 5.06 Å². The molecule has 1 aromatic carbocycles. The maximum absolute atomic E-state index is 17.8. The number of allylic oxidation sites excluding steroid dienone is 4. The highest BCUT2D eigenvalue weighted by Crippen LogP contribution is 2.67. The third-order valence-electron chi connectivity index (χ3n) is 10.4. The van der Waals surface area contributed by atoms with E-state index < -0.39 is 57.6 Å². The Morgan fingerprint density at radius 3 is 2.56 bits per heavy atom. The zero-order chi connectivity index (χ0) is 31.4. The lowest BCUT2D eigenvalue weighted by Crippen LogP contribution is -2.70. The minimum Gasteiger partial charge on any atom is -0.390 e. The van der Waals surface area contributed by atoms with E-state index >= 15 is 4.39 Å². The molecule has 43 heavy (non-hydrogen) atoms. The number of hydroxylamine groups is 2. The lowest BCUT2D eigenvalue weighted by Gasteiger charge is -2.65. The smallest absolute Gasteiger partial charge is 0.390 e. The van der Waals surface area contributed by atoms with Crippen LogP contribution in [0.3, 0.4) is 0 Å². The van der Waals surface area contributed by atoms with Gasteiger partial charge in [-0.2, -0.15) is 18.2 Å². The average Bonchev–Trinajstić information content (AvgIpc) is 2.93. The van der Waals surface area contributed by atoms with Crippen molar-refractivity contribution in [3.63, 3.8) is 0 Å². The number of carbonyl (C=O) groups excluding carboxylic acids is 2. The van der Waals surface area contributed by atoms with E-state index in [1.54, 1.807) is 37.1 Å². The molecule has 5 rings (SSSR count). The molecule has 0 amide bonds. The molecule has 1 heterocycles. The molecule has 8 unspecified atom stereocenters. The summed E-state index contributed by atoms with van der Waals surface area (Å²) >= 11 is 6.19. The monoisotopic (exact) mass is 643 g/mol. The van der Waals surface area contributed by atoms with E-state index in [0.29, 0.717) is 42.8 Å². The van der Waals surface area contributed by atoms with Gasteiger partial charge in [-0.1, -0.05) is 61.0 Å². The van der Waals surface area contributed by atoms with E-state index in [1.165, 1.54) is 12.2 Å². The Balaban J connectivity index is 1.54. The quantitative estimate of drug-likeness (QED) is 0.341. The predicted octanol–water partition coefficient (Wildman–Crippen LogP) is 7.27. The standard InChI is InChI=1S/C32H38ClF4NO4S/c1-4-20-14-25-23-6-5-13-38(17-19-7-9-21(33)10-8-19)42-27(28(41)43-18-31(34,35)36)29(23,2)16-26(40)32(25,37)30(3)12-11-22(39)15-24(20)30/h7-12,15,20,23,25-27,40H,4-6,13-14,16-18H2,1-3H3. The minimum absolute atomic E-state index is 0.121. The maximum Gasteiger partial charge on any atom is 0.398 e. The molecule has 236 valence electrons. The molecule has 2 saturated carbocycles. The SMILES string of the molecule is CCC1CC2C3CCCN(Cc4ccc(Cl)cc4)OC(C(=O)SCC(F)(F)F)C3(C)CC(O)C2(F)C2(C)C=CC(=O)C=C12. The first kappa shape index (κ1) is 32.7. The molecule has 0 aromatic heterocycles. The van der Waals surface area contributed by atoms with E-state index in [4.69, 9.17) is 16.4 Å². The van der Waals surface area contributed by atoms with Crippen molar-refractivity contribution in [1.29, 1.82) is 0 Å². The maximum atomic E-state index is 17.8.